The van der Waals surface area contributed by atoms with Gasteiger partial charge in [0.2, 0.25) is 0 Å². The fraction of sp³-hybridized carbons (Fsp3) is 0.471. The van der Waals surface area contributed by atoms with Crippen LogP contribution in [0.4, 0.5) is 0 Å². The van der Waals surface area contributed by atoms with Gasteiger partial charge in [-0.15, -0.1) is 0 Å². The first kappa shape index (κ1) is 13.1. The molecule has 0 amide bonds. The second-order valence-electron chi connectivity index (χ2n) is 6.87. The number of alkyl halides is 1. The minimum absolute atomic E-state index is 0.00169. The maximum Gasteiger partial charge on any atom is 0.196 e. The van der Waals surface area contributed by atoms with Gasteiger partial charge >= 0.3 is 0 Å². The van der Waals surface area contributed by atoms with E-state index in [1.165, 1.54) is 5.56 Å². The third-order valence-electron chi connectivity index (χ3n) is 6.07. The Hall–Kier alpha value is -1.33. The highest BCUT2D eigenvalue weighted by Crippen LogP contribution is 2.66. The number of likely N-dealkylation sites (N-methyl/N-ethyl adjacent to an activating group) is 1. The maximum atomic E-state index is 12.5. The van der Waals surface area contributed by atoms with Crippen molar-refractivity contribution < 1.29 is 14.6 Å². The molecule has 4 aliphatic rings. The van der Waals surface area contributed by atoms with Crippen molar-refractivity contribution in [1.29, 1.82) is 0 Å². The number of ether oxygens (including phenoxy) is 1. The number of carbonyl (C=O) groups is 1. The molecule has 114 valence electrons. The lowest BCUT2D eigenvalue weighted by Gasteiger charge is -2.60. The Morgan fingerprint density at radius 1 is 1.45 bits per heavy atom. The van der Waals surface area contributed by atoms with Crippen molar-refractivity contribution in [3.63, 3.8) is 0 Å². The van der Waals surface area contributed by atoms with Crippen LogP contribution in [-0.2, 0) is 16.6 Å². The van der Waals surface area contributed by atoms with Crippen LogP contribution in [0, 0.1) is 0 Å². The second-order valence-corrected chi connectivity index (χ2v) is 8.18. The van der Waals surface area contributed by atoms with E-state index < -0.39 is 11.5 Å². The van der Waals surface area contributed by atoms with Crippen LogP contribution in [-0.4, -0.2) is 45.9 Å². The molecule has 22 heavy (non-hydrogen) atoms. The van der Waals surface area contributed by atoms with E-state index in [0.29, 0.717) is 5.75 Å². The monoisotopic (exact) mass is 361 g/mol. The smallest absolute Gasteiger partial charge is 0.196 e. The molecule has 2 unspecified atom stereocenters. The van der Waals surface area contributed by atoms with Crippen LogP contribution in [0.2, 0.25) is 0 Å². The van der Waals surface area contributed by atoms with Gasteiger partial charge in [0.15, 0.2) is 23.4 Å². The SMILES string of the molecule is CN1CCC23c4c5ccc(O)c4O[C@H]2C(=O)C=C[C@@]3(Br)C1C5. The molecule has 2 heterocycles. The van der Waals surface area contributed by atoms with Crippen molar-refractivity contribution in [3.05, 3.63) is 35.4 Å². The summed E-state index contributed by atoms with van der Waals surface area (Å²) in [4.78, 5) is 14.9. The summed E-state index contributed by atoms with van der Waals surface area (Å²) in [5, 5.41) is 10.2. The van der Waals surface area contributed by atoms with Crippen LogP contribution in [0.25, 0.3) is 0 Å². The number of phenolic OH excluding ortho intramolecular Hbond substituents is 1. The molecule has 2 aliphatic heterocycles. The van der Waals surface area contributed by atoms with Gasteiger partial charge in [0.25, 0.3) is 0 Å². The van der Waals surface area contributed by atoms with Crippen LogP contribution < -0.4 is 4.74 Å². The number of hydrogen-bond acceptors (Lipinski definition) is 4. The second kappa shape index (κ2) is 3.77. The summed E-state index contributed by atoms with van der Waals surface area (Å²) in [5.41, 5.74) is 1.85. The number of halogens is 1. The molecule has 1 saturated heterocycles. The summed E-state index contributed by atoms with van der Waals surface area (Å²) < 4.78 is 5.70. The molecule has 1 spiro atoms. The zero-order valence-corrected chi connectivity index (χ0v) is 13.8. The van der Waals surface area contributed by atoms with E-state index in [9.17, 15) is 9.90 Å². The molecule has 4 nitrogen and oxygen atoms in total. The van der Waals surface area contributed by atoms with Crippen molar-refractivity contribution >= 4 is 21.7 Å². The average Bonchev–Trinajstić information content (AvgIpc) is 2.85. The Kier molecular flexibility index (Phi) is 2.25. The lowest BCUT2D eigenvalue weighted by molar-refractivity contribution is -0.126. The Labute approximate surface area is 136 Å². The highest BCUT2D eigenvalue weighted by atomic mass is 79.9. The first-order valence-corrected chi connectivity index (χ1v) is 8.42. The van der Waals surface area contributed by atoms with Gasteiger partial charge in [-0.2, -0.15) is 0 Å². The summed E-state index contributed by atoms with van der Waals surface area (Å²) in [6, 6.07) is 3.96. The Morgan fingerprint density at radius 3 is 3.09 bits per heavy atom. The fourth-order valence-electron chi connectivity index (χ4n) is 5.07. The van der Waals surface area contributed by atoms with E-state index >= 15 is 0 Å². The standard InChI is InChI=1S/C17H16BrNO3/c1-19-7-6-16-13-9-2-3-10(20)14(13)22-15(16)11(21)4-5-17(16,18)12(19)8-9/h2-5,12,15,20H,6-8H2,1H3/t12?,15-,16?,17+/m0/s1. The van der Waals surface area contributed by atoms with E-state index in [-0.39, 0.29) is 21.9 Å². The average molecular weight is 362 g/mol. The van der Waals surface area contributed by atoms with E-state index in [2.05, 4.69) is 27.9 Å². The zero-order chi connectivity index (χ0) is 15.3. The highest BCUT2D eigenvalue weighted by Gasteiger charge is 2.71. The third-order valence-corrected chi connectivity index (χ3v) is 7.57. The molecule has 5 rings (SSSR count). The third kappa shape index (κ3) is 1.17. The minimum atomic E-state index is -0.532. The molecule has 0 radical (unpaired) electrons. The van der Waals surface area contributed by atoms with Crippen molar-refractivity contribution in [2.24, 2.45) is 0 Å². The predicted molar refractivity (Wildman–Crippen MR) is 84.7 cm³/mol. The first-order chi connectivity index (χ1) is 10.5. The topological polar surface area (TPSA) is 49.8 Å². The molecular weight excluding hydrogens is 346 g/mol. The number of likely N-dealkylation sites (tertiary alicyclic amines) is 1. The number of benzene rings is 1. The predicted octanol–water partition coefficient (Wildman–Crippen LogP) is 1.92. The molecule has 1 aromatic carbocycles. The molecule has 0 saturated carbocycles. The largest absolute Gasteiger partial charge is 0.504 e. The lowest BCUT2D eigenvalue weighted by atomic mass is 9.53. The number of hydrogen-bond donors (Lipinski definition) is 1. The van der Waals surface area contributed by atoms with Gasteiger partial charge in [-0.25, -0.2) is 0 Å². The van der Waals surface area contributed by atoms with Crippen LogP contribution >= 0.6 is 15.9 Å². The molecule has 0 aromatic heterocycles. The summed E-state index contributed by atoms with van der Waals surface area (Å²) in [6.45, 7) is 0.924. The van der Waals surface area contributed by atoms with Gasteiger partial charge < -0.3 is 14.7 Å². The molecule has 2 bridgehead atoms. The molecule has 1 aromatic rings. The van der Waals surface area contributed by atoms with Crippen LogP contribution in [0.3, 0.4) is 0 Å². The Balaban J connectivity index is 1.91. The summed E-state index contributed by atoms with van der Waals surface area (Å²) in [6.07, 6.45) is 4.88. The number of rotatable bonds is 0. The van der Waals surface area contributed by atoms with Crippen molar-refractivity contribution in [1.82, 2.24) is 4.90 Å². The van der Waals surface area contributed by atoms with E-state index in [0.717, 1.165) is 24.9 Å². The molecule has 1 fully saturated rings. The van der Waals surface area contributed by atoms with Crippen molar-refractivity contribution in [3.8, 4) is 11.5 Å². The highest BCUT2D eigenvalue weighted by molar-refractivity contribution is 9.10. The maximum absolute atomic E-state index is 12.5. The van der Waals surface area contributed by atoms with Crippen LogP contribution in [0.15, 0.2) is 24.3 Å². The number of aromatic hydroxyl groups is 1. The quantitative estimate of drug-likeness (QED) is 0.717. The molecular formula is C17H16BrNO3. The number of phenols is 1. The van der Waals surface area contributed by atoms with Gasteiger partial charge in [0.05, 0.1) is 9.74 Å². The number of nitrogens with zero attached hydrogens (tertiary/aromatic N) is 1. The molecule has 4 atom stereocenters. The number of piperidine rings is 1. The molecule has 1 N–H and O–H groups in total. The summed E-state index contributed by atoms with van der Waals surface area (Å²) >= 11 is 4.00. The fourth-order valence-corrected chi connectivity index (χ4v) is 6.32. The van der Waals surface area contributed by atoms with Crippen LogP contribution in [0.1, 0.15) is 17.5 Å². The van der Waals surface area contributed by atoms with Gasteiger partial charge in [0.1, 0.15) is 0 Å². The number of ketones is 1. The zero-order valence-electron chi connectivity index (χ0n) is 12.2. The molecule has 2 aliphatic carbocycles. The van der Waals surface area contributed by atoms with E-state index in [1.54, 1.807) is 12.1 Å². The van der Waals surface area contributed by atoms with Crippen molar-refractivity contribution in [2.75, 3.05) is 13.6 Å². The van der Waals surface area contributed by atoms with E-state index in [1.807, 2.05) is 12.1 Å². The van der Waals surface area contributed by atoms with Gasteiger partial charge in [0, 0.05) is 11.6 Å². The molecule has 5 heteroatoms. The van der Waals surface area contributed by atoms with Crippen molar-refractivity contribution in [2.45, 2.75) is 34.7 Å². The Bertz CT molecular complexity index is 761. The van der Waals surface area contributed by atoms with Crippen LogP contribution in [0.5, 0.6) is 11.5 Å². The Morgan fingerprint density at radius 2 is 2.27 bits per heavy atom. The summed E-state index contributed by atoms with van der Waals surface area (Å²) in [5.74, 6) is 0.663. The lowest BCUT2D eigenvalue weighted by Crippen LogP contribution is -2.72. The van der Waals surface area contributed by atoms with Gasteiger partial charge in [-0.1, -0.05) is 28.1 Å². The normalized spacial score (nSPS) is 41.3. The van der Waals surface area contributed by atoms with Gasteiger partial charge in [-0.3, -0.25) is 4.79 Å². The minimum Gasteiger partial charge on any atom is -0.504 e. The van der Waals surface area contributed by atoms with E-state index in [4.69, 9.17) is 4.74 Å². The first-order valence-electron chi connectivity index (χ1n) is 7.63. The number of carbonyl (C=O) groups excluding carboxylic acids is 1. The summed E-state index contributed by atoms with van der Waals surface area (Å²) in [7, 11) is 2.14. The van der Waals surface area contributed by atoms with Gasteiger partial charge in [-0.05, 0) is 44.1 Å².